The zero-order valence-corrected chi connectivity index (χ0v) is 14.8. The van der Waals surface area contributed by atoms with Crippen molar-refractivity contribution >= 4 is 11.9 Å². The van der Waals surface area contributed by atoms with Gasteiger partial charge in [-0.05, 0) is 36.3 Å². The third-order valence-corrected chi connectivity index (χ3v) is 4.76. The van der Waals surface area contributed by atoms with E-state index in [1.807, 2.05) is 60.7 Å². The summed E-state index contributed by atoms with van der Waals surface area (Å²) in [5, 5.41) is 0. The Kier molecular flexibility index (Phi) is 6.42. The molecule has 0 spiro atoms. The smallest absolute Gasteiger partial charge is 0.321 e. The molecule has 2 aromatic carbocycles. The lowest BCUT2D eigenvalue weighted by Crippen LogP contribution is -2.32. The van der Waals surface area contributed by atoms with Crippen LogP contribution in [0.25, 0.3) is 0 Å². The van der Waals surface area contributed by atoms with Gasteiger partial charge in [-0.25, -0.2) is 0 Å². The molecule has 0 bridgehead atoms. The van der Waals surface area contributed by atoms with E-state index in [2.05, 4.69) is 0 Å². The zero-order chi connectivity index (χ0) is 18.2. The first kappa shape index (κ1) is 18.2. The number of rotatable bonds is 8. The molecule has 1 aliphatic rings. The van der Waals surface area contributed by atoms with E-state index in [9.17, 15) is 9.59 Å². The van der Waals surface area contributed by atoms with Crippen LogP contribution in [0.4, 0.5) is 0 Å². The lowest BCUT2D eigenvalue weighted by molar-refractivity contribution is -0.164. The van der Waals surface area contributed by atoms with Crippen molar-refractivity contribution < 1.29 is 19.1 Å². The lowest BCUT2D eigenvalue weighted by Gasteiger charge is -2.25. The maximum atomic E-state index is 12.6. The van der Waals surface area contributed by atoms with Gasteiger partial charge in [-0.15, -0.1) is 0 Å². The molecular weight excluding hydrogens is 328 g/mol. The Morgan fingerprint density at radius 3 is 2.00 bits per heavy atom. The largest absolute Gasteiger partial charge is 0.465 e. The molecule has 0 N–H and O–H groups in total. The van der Waals surface area contributed by atoms with Crippen molar-refractivity contribution in [1.29, 1.82) is 0 Å². The number of carbonyl (C=O) groups is 2. The second-order valence-electron chi connectivity index (χ2n) is 6.76. The summed E-state index contributed by atoms with van der Waals surface area (Å²) < 4.78 is 10.8. The van der Waals surface area contributed by atoms with Gasteiger partial charge in [-0.3, -0.25) is 9.59 Å². The third-order valence-electron chi connectivity index (χ3n) is 4.76. The van der Waals surface area contributed by atoms with Crippen molar-refractivity contribution in [3.63, 3.8) is 0 Å². The molecule has 136 valence electrons. The van der Waals surface area contributed by atoms with Crippen LogP contribution in [-0.4, -0.2) is 18.5 Å². The van der Waals surface area contributed by atoms with E-state index in [1.165, 1.54) is 6.42 Å². The Hall–Kier alpha value is -2.62. The Bertz CT molecular complexity index is 707. The molecule has 2 aromatic rings. The maximum Gasteiger partial charge on any atom is 0.321 e. The maximum absolute atomic E-state index is 12.6. The summed E-state index contributed by atoms with van der Waals surface area (Å²) in [5.74, 6) is -1.51. The molecule has 26 heavy (non-hydrogen) atoms. The van der Waals surface area contributed by atoms with Crippen LogP contribution < -0.4 is 0 Å². The first-order valence-electron chi connectivity index (χ1n) is 9.13. The van der Waals surface area contributed by atoms with Crippen molar-refractivity contribution in [1.82, 2.24) is 0 Å². The van der Waals surface area contributed by atoms with Crippen LogP contribution in [0.1, 0.15) is 30.4 Å². The van der Waals surface area contributed by atoms with Crippen LogP contribution in [0.15, 0.2) is 60.7 Å². The molecule has 4 nitrogen and oxygen atoms in total. The second-order valence-corrected chi connectivity index (χ2v) is 6.76. The molecule has 0 amide bonds. The highest BCUT2D eigenvalue weighted by Crippen LogP contribution is 2.26. The van der Waals surface area contributed by atoms with Crippen LogP contribution in [0.3, 0.4) is 0 Å². The minimum atomic E-state index is -0.929. The van der Waals surface area contributed by atoms with E-state index in [4.69, 9.17) is 9.47 Å². The first-order chi connectivity index (χ1) is 12.7. The summed E-state index contributed by atoms with van der Waals surface area (Å²) in [5.41, 5.74) is 1.80. The average molecular weight is 352 g/mol. The quantitative estimate of drug-likeness (QED) is 0.533. The molecular formula is C22H24O4. The standard InChI is InChI=1S/C22H24O4/c23-21(25-15-18-10-5-2-6-11-18)20(14-17-8-3-1-4-9-17)22(24)26-16-19-12-7-13-19/h1-6,8-11,19-20H,7,12-16H2. The summed E-state index contributed by atoms with van der Waals surface area (Å²) in [4.78, 5) is 25.1. The predicted molar refractivity (Wildman–Crippen MR) is 98.2 cm³/mol. The van der Waals surface area contributed by atoms with Gasteiger partial charge < -0.3 is 9.47 Å². The van der Waals surface area contributed by atoms with Crippen molar-refractivity contribution in [2.45, 2.75) is 32.3 Å². The molecule has 0 aromatic heterocycles. The zero-order valence-electron chi connectivity index (χ0n) is 14.8. The molecule has 1 saturated carbocycles. The molecule has 0 saturated heterocycles. The third kappa shape index (κ3) is 5.19. The average Bonchev–Trinajstić information content (AvgIpc) is 2.64. The second kappa shape index (κ2) is 9.18. The molecule has 0 heterocycles. The van der Waals surface area contributed by atoms with Crippen LogP contribution >= 0.6 is 0 Å². The van der Waals surface area contributed by atoms with Crippen LogP contribution in [0.5, 0.6) is 0 Å². The van der Waals surface area contributed by atoms with E-state index in [0.29, 0.717) is 12.5 Å². The molecule has 1 unspecified atom stereocenters. The number of hydrogen-bond donors (Lipinski definition) is 0. The highest BCUT2D eigenvalue weighted by Gasteiger charge is 2.31. The monoisotopic (exact) mass is 352 g/mol. The van der Waals surface area contributed by atoms with E-state index in [0.717, 1.165) is 24.0 Å². The Morgan fingerprint density at radius 2 is 1.42 bits per heavy atom. The molecule has 1 fully saturated rings. The molecule has 3 rings (SSSR count). The van der Waals surface area contributed by atoms with Gasteiger partial charge in [0.25, 0.3) is 0 Å². The number of ether oxygens (including phenoxy) is 2. The fourth-order valence-corrected chi connectivity index (χ4v) is 2.90. The molecule has 4 heteroatoms. The fourth-order valence-electron chi connectivity index (χ4n) is 2.90. The summed E-state index contributed by atoms with van der Waals surface area (Å²) in [6.45, 7) is 0.553. The number of benzene rings is 2. The topological polar surface area (TPSA) is 52.6 Å². The van der Waals surface area contributed by atoms with E-state index in [-0.39, 0.29) is 13.0 Å². The predicted octanol–water partition coefficient (Wildman–Crippen LogP) is 3.93. The molecule has 0 radical (unpaired) electrons. The van der Waals surface area contributed by atoms with Gasteiger partial charge in [0, 0.05) is 0 Å². The normalized spacial score (nSPS) is 14.9. The molecule has 1 atom stereocenters. The van der Waals surface area contributed by atoms with Gasteiger partial charge in [-0.2, -0.15) is 0 Å². The van der Waals surface area contributed by atoms with Crippen LogP contribution in [0.2, 0.25) is 0 Å². The number of hydrogen-bond acceptors (Lipinski definition) is 4. The Balaban J connectivity index is 1.62. The molecule has 1 aliphatic carbocycles. The van der Waals surface area contributed by atoms with Gasteiger partial charge in [0.1, 0.15) is 6.61 Å². The Labute approximate surface area is 154 Å². The van der Waals surface area contributed by atoms with Gasteiger partial charge in [0.2, 0.25) is 0 Å². The highest BCUT2D eigenvalue weighted by atomic mass is 16.6. The molecule has 0 aliphatic heterocycles. The van der Waals surface area contributed by atoms with Crippen LogP contribution in [-0.2, 0) is 32.1 Å². The van der Waals surface area contributed by atoms with Crippen molar-refractivity contribution in [2.75, 3.05) is 6.61 Å². The highest BCUT2D eigenvalue weighted by molar-refractivity contribution is 5.95. The van der Waals surface area contributed by atoms with Gasteiger partial charge in [-0.1, -0.05) is 67.1 Å². The minimum Gasteiger partial charge on any atom is -0.465 e. The van der Waals surface area contributed by atoms with Gasteiger partial charge >= 0.3 is 11.9 Å². The van der Waals surface area contributed by atoms with E-state index >= 15 is 0 Å². The van der Waals surface area contributed by atoms with Crippen molar-refractivity contribution in [3.8, 4) is 0 Å². The van der Waals surface area contributed by atoms with Crippen LogP contribution in [0, 0.1) is 11.8 Å². The van der Waals surface area contributed by atoms with Crippen molar-refractivity contribution in [3.05, 3.63) is 71.8 Å². The van der Waals surface area contributed by atoms with E-state index < -0.39 is 17.9 Å². The minimum absolute atomic E-state index is 0.154. The SMILES string of the molecule is O=C(OCc1ccccc1)C(Cc1ccccc1)C(=O)OCC1CCC1. The first-order valence-corrected chi connectivity index (χ1v) is 9.13. The van der Waals surface area contributed by atoms with Gasteiger partial charge in [0.05, 0.1) is 6.61 Å². The summed E-state index contributed by atoms with van der Waals surface area (Å²) in [6, 6.07) is 18.9. The summed E-state index contributed by atoms with van der Waals surface area (Å²) in [7, 11) is 0. The Morgan fingerprint density at radius 1 is 0.846 bits per heavy atom. The van der Waals surface area contributed by atoms with Crippen molar-refractivity contribution in [2.24, 2.45) is 11.8 Å². The fraction of sp³-hybridized carbons (Fsp3) is 0.364. The van der Waals surface area contributed by atoms with Gasteiger partial charge in [0.15, 0.2) is 5.92 Å². The van der Waals surface area contributed by atoms with E-state index in [1.54, 1.807) is 0 Å². The summed E-state index contributed by atoms with van der Waals surface area (Å²) in [6.07, 6.45) is 3.66. The summed E-state index contributed by atoms with van der Waals surface area (Å²) >= 11 is 0. The number of carbonyl (C=O) groups excluding carboxylic acids is 2. The number of esters is 2. The lowest BCUT2D eigenvalue weighted by atomic mass is 9.86.